The van der Waals surface area contributed by atoms with Crippen LogP contribution in [0.4, 0.5) is 0 Å². The number of carboxylic acids is 1. The zero-order chi connectivity index (χ0) is 45.2. The SMILES string of the molecule is CC[C@H](C)[C@@H](NC(=O)[C@H]([C@H](C)O)N(C)C(=O)CCCCCCCCCCCCCCC(=O)N[C@@H](C(=O)N[C@@H](Cc1ccccc1)C(=O)O)C(C)C)C(=O)NC(CO)C(N)=O. The Morgan fingerprint density at radius 3 is 1.60 bits per heavy atom. The number of rotatable bonds is 32. The fraction of sp³-hybridized carbons (Fsp3) is 0.705. The lowest BCUT2D eigenvalue weighted by Crippen LogP contribution is -2.60. The van der Waals surface area contributed by atoms with Crippen molar-refractivity contribution in [3.05, 3.63) is 35.9 Å². The van der Waals surface area contributed by atoms with E-state index >= 15 is 0 Å². The molecular weight excluding hydrogens is 773 g/mol. The lowest BCUT2D eigenvalue weighted by atomic mass is 9.97. The number of benzene rings is 1. The molecule has 60 heavy (non-hydrogen) atoms. The lowest BCUT2D eigenvalue weighted by molar-refractivity contribution is -0.144. The molecule has 1 aromatic rings. The van der Waals surface area contributed by atoms with Crippen molar-refractivity contribution in [1.82, 2.24) is 26.2 Å². The number of carbonyl (C=O) groups excluding carboxylic acids is 6. The largest absolute Gasteiger partial charge is 0.480 e. The number of likely N-dealkylation sites (N-methyl/N-ethyl adjacent to an activating group) is 1. The summed E-state index contributed by atoms with van der Waals surface area (Å²) in [6, 6.07) is 3.49. The predicted molar refractivity (Wildman–Crippen MR) is 229 cm³/mol. The van der Waals surface area contributed by atoms with Crippen LogP contribution < -0.4 is 27.0 Å². The number of amides is 6. The molecule has 0 bridgehead atoms. The zero-order valence-corrected chi connectivity index (χ0v) is 36.8. The zero-order valence-electron chi connectivity index (χ0n) is 36.8. The van der Waals surface area contributed by atoms with Gasteiger partial charge in [-0.05, 0) is 37.2 Å². The molecule has 1 rings (SSSR count). The first-order valence-corrected chi connectivity index (χ1v) is 21.8. The topological polar surface area (TPSA) is 258 Å². The standard InChI is InChI=1S/C44H74N6O10/c1-7-30(4)38(42(57)47-34(28-51)40(45)55)49-43(58)39(31(5)52)50(6)36(54)26-22-17-15-13-11-9-8-10-12-14-16-21-25-35(53)48-37(29(2)3)41(56)46-33(44(59)60)27-32-23-19-18-20-24-32/h18-20,23-24,29-31,33-34,37-39,51-52H,7-17,21-22,25-28H2,1-6H3,(H2,45,55)(H,46,56)(H,47,57)(H,48,53)(H,49,58)(H,59,60)/t30-,31-,33-,34?,37+,38+,39-/m0/s1. The Kier molecular flexibility index (Phi) is 26.4. The molecule has 0 aliphatic carbocycles. The summed E-state index contributed by atoms with van der Waals surface area (Å²) in [7, 11) is 1.45. The Labute approximate surface area is 356 Å². The van der Waals surface area contributed by atoms with E-state index in [2.05, 4.69) is 21.3 Å². The molecule has 6 amide bonds. The molecular formula is C44H74N6O10. The van der Waals surface area contributed by atoms with Crippen LogP contribution in [0, 0.1) is 11.8 Å². The Morgan fingerprint density at radius 1 is 0.667 bits per heavy atom. The highest BCUT2D eigenvalue weighted by Gasteiger charge is 2.36. The van der Waals surface area contributed by atoms with Gasteiger partial charge in [0.15, 0.2) is 0 Å². The normalized spacial score (nSPS) is 14.8. The van der Waals surface area contributed by atoms with Crippen LogP contribution in [0.5, 0.6) is 0 Å². The fourth-order valence-electron chi connectivity index (χ4n) is 6.88. The van der Waals surface area contributed by atoms with Gasteiger partial charge in [-0.25, -0.2) is 4.79 Å². The highest BCUT2D eigenvalue weighted by atomic mass is 16.4. The molecule has 0 heterocycles. The quantitative estimate of drug-likeness (QED) is 0.0492. The molecule has 0 radical (unpaired) electrons. The van der Waals surface area contributed by atoms with Gasteiger partial charge in [-0.1, -0.05) is 129 Å². The fourth-order valence-corrected chi connectivity index (χ4v) is 6.88. The van der Waals surface area contributed by atoms with Crippen molar-refractivity contribution in [2.75, 3.05) is 13.7 Å². The van der Waals surface area contributed by atoms with E-state index in [1.54, 1.807) is 19.1 Å². The van der Waals surface area contributed by atoms with E-state index in [1.807, 2.05) is 39.0 Å². The van der Waals surface area contributed by atoms with Crippen molar-refractivity contribution >= 4 is 41.4 Å². The molecule has 0 fully saturated rings. The molecule has 0 aliphatic heterocycles. The van der Waals surface area contributed by atoms with Gasteiger partial charge in [-0.15, -0.1) is 0 Å². The summed E-state index contributed by atoms with van der Waals surface area (Å²) in [6.45, 7) is 7.87. The van der Waals surface area contributed by atoms with Crippen LogP contribution in [0.1, 0.15) is 136 Å². The van der Waals surface area contributed by atoms with Crippen LogP contribution in [0.25, 0.3) is 0 Å². The number of nitrogens with zero attached hydrogens (tertiary/aromatic N) is 1. The summed E-state index contributed by atoms with van der Waals surface area (Å²) in [5.74, 6) is -5.09. The van der Waals surface area contributed by atoms with Gasteiger partial charge in [-0.2, -0.15) is 0 Å². The molecule has 16 nitrogen and oxygen atoms in total. The van der Waals surface area contributed by atoms with Gasteiger partial charge in [0.05, 0.1) is 12.7 Å². The van der Waals surface area contributed by atoms with E-state index in [0.29, 0.717) is 25.7 Å². The molecule has 0 aliphatic rings. The first-order valence-electron chi connectivity index (χ1n) is 21.8. The molecule has 1 unspecified atom stereocenters. The number of aliphatic hydroxyl groups is 2. The highest BCUT2D eigenvalue weighted by molar-refractivity contribution is 5.94. The number of hydrogen-bond donors (Lipinski definition) is 8. The summed E-state index contributed by atoms with van der Waals surface area (Å²) in [6.07, 6.45) is 11.5. The number of aliphatic hydroxyl groups excluding tert-OH is 2. The lowest BCUT2D eigenvalue weighted by Gasteiger charge is -2.32. The molecule has 7 atom stereocenters. The second-order valence-electron chi connectivity index (χ2n) is 16.3. The molecule has 9 N–H and O–H groups in total. The minimum atomic E-state index is -1.32. The van der Waals surface area contributed by atoms with Crippen molar-refractivity contribution in [1.29, 1.82) is 0 Å². The number of nitrogens with one attached hydrogen (secondary N) is 4. The summed E-state index contributed by atoms with van der Waals surface area (Å²) >= 11 is 0. The van der Waals surface area contributed by atoms with Gasteiger partial charge in [-0.3, -0.25) is 28.8 Å². The van der Waals surface area contributed by atoms with Crippen molar-refractivity contribution < 1.29 is 48.9 Å². The smallest absolute Gasteiger partial charge is 0.326 e. The second-order valence-corrected chi connectivity index (χ2v) is 16.3. The van der Waals surface area contributed by atoms with Crippen molar-refractivity contribution in [3.63, 3.8) is 0 Å². The number of aliphatic carboxylic acids is 1. The minimum absolute atomic E-state index is 0.145. The van der Waals surface area contributed by atoms with Crippen LogP contribution in [-0.2, 0) is 40.0 Å². The summed E-state index contributed by atoms with van der Waals surface area (Å²) in [4.78, 5) is 89.4. The maximum absolute atomic E-state index is 13.3. The van der Waals surface area contributed by atoms with Crippen LogP contribution in [-0.4, -0.2) is 112 Å². The molecule has 16 heteroatoms. The van der Waals surface area contributed by atoms with Gasteiger partial charge < -0.3 is 47.2 Å². The van der Waals surface area contributed by atoms with Crippen LogP contribution in [0.3, 0.4) is 0 Å². The number of nitrogens with two attached hydrogens (primary N) is 1. The molecule has 0 saturated carbocycles. The van der Waals surface area contributed by atoms with Gasteiger partial charge >= 0.3 is 5.97 Å². The van der Waals surface area contributed by atoms with E-state index < -0.39 is 72.5 Å². The Balaban J connectivity index is 2.31. The summed E-state index contributed by atoms with van der Waals surface area (Å²) in [5.41, 5.74) is 6.01. The number of carbonyl (C=O) groups is 7. The van der Waals surface area contributed by atoms with Crippen molar-refractivity contribution in [2.24, 2.45) is 17.6 Å². The molecule has 1 aromatic carbocycles. The second kappa shape index (κ2) is 29.6. The average Bonchev–Trinajstić information content (AvgIpc) is 3.20. The van der Waals surface area contributed by atoms with Crippen LogP contribution in [0.2, 0.25) is 0 Å². The third-order valence-electron chi connectivity index (χ3n) is 10.9. The van der Waals surface area contributed by atoms with Crippen molar-refractivity contribution in [2.45, 2.75) is 174 Å². The van der Waals surface area contributed by atoms with E-state index in [9.17, 15) is 48.9 Å². The van der Waals surface area contributed by atoms with Gasteiger partial charge in [0.1, 0.15) is 30.2 Å². The van der Waals surface area contributed by atoms with Gasteiger partial charge in [0.2, 0.25) is 35.4 Å². The highest BCUT2D eigenvalue weighted by Crippen LogP contribution is 2.16. The minimum Gasteiger partial charge on any atom is -0.480 e. The molecule has 0 aromatic heterocycles. The first-order chi connectivity index (χ1) is 28.4. The number of unbranched alkanes of at least 4 members (excludes halogenated alkanes) is 11. The first kappa shape index (κ1) is 53.4. The monoisotopic (exact) mass is 847 g/mol. The molecule has 0 spiro atoms. The summed E-state index contributed by atoms with van der Waals surface area (Å²) in [5, 5.41) is 39.8. The summed E-state index contributed by atoms with van der Waals surface area (Å²) < 4.78 is 0. The maximum atomic E-state index is 13.3. The number of hydrogen-bond acceptors (Lipinski definition) is 9. The average molecular weight is 847 g/mol. The maximum Gasteiger partial charge on any atom is 0.326 e. The Morgan fingerprint density at radius 2 is 1.15 bits per heavy atom. The number of primary amides is 1. The Hall–Kier alpha value is -4.57. The van der Waals surface area contributed by atoms with Crippen molar-refractivity contribution in [3.8, 4) is 0 Å². The van der Waals surface area contributed by atoms with E-state index in [1.165, 1.54) is 18.9 Å². The van der Waals surface area contributed by atoms with E-state index in [4.69, 9.17) is 5.73 Å². The van der Waals surface area contributed by atoms with Gasteiger partial charge in [0, 0.05) is 26.3 Å². The van der Waals surface area contributed by atoms with Crippen LogP contribution >= 0.6 is 0 Å². The van der Waals surface area contributed by atoms with Crippen LogP contribution in [0.15, 0.2) is 30.3 Å². The van der Waals surface area contributed by atoms with Gasteiger partial charge in [0.25, 0.3) is 0 Å². The van der Waals surface area contributed by atoms with E-state index in [-0.39, 0.29) is 36.5 Å². The predicted octanol–water partition coefficient (Wildman–Crippen LogP) is 3.10. The number of carboxylic acid groups (broad SMARTS) is 1. The third-order valence-corrected chi connectivity index (χ3v) is 10.9. The third kappa shape index (κ3) is 20.6. The molecule has 0 saturated heterocycles. The Bertz CT molecular complexity index is 1480. The van der Waals surface area contributed by atoms with E-state index in [0.717, 1.165) is 69.8 Å². The molecule has 340 valence electrons.